The number of rotatable bonds is 8. The van der Waals surface area contributed by atoms with Gasteiger partial charge in [0.1, 0.15) is 12.4 Å². The second-order valence-electron chi connectivity index (χ2n) is 5.55. The maximum Gasteiger partial charge on any atom is 0.244 e. The molecule has 0 radical (unpaired) electrons. The van der Waals surface area contributed by atoms with E-state index in [1.807, 2.05) is 61.5 Å². The van der Waals surface area contributed by atoms with Crippen LogP contribution in [0, 0.1) is 0 Å². The van der Waals surface area contributed by atoms with Gasteiger partial charge in [0.25, 0.3) is 0 Å². The third-order valence-corrected chi connectivity index (χ3v) is 3.34. The fraction of sp³-hybridized carbons (Fsp3) is 0.250. The van der Waals surface area contributed by atoms with Gasteiger partial charge in [-0.1, -0.05) is 42.5 Å². The Kier molecular flexibility index (Phi) is 7.05. The lowest BCUT2D eigenvalue weighted by Crippen LogP contribution is -2.34. The van der Waals surface area contributed by atoms with E-state index in [0.29, 0.717) is 13.2 Å². The molecule has 126 valence electrons. The molecule has 0 saturated heterocycles. The number of carbonyl (C=O) groups excluding carboxylic acids is 1. The van der Waals surface area contributed by atoms with Crippen LogP contribution in [-0.4, -0.2) is 25.7 Å². The monoisotopic (exact) mass is 325 g/mol. The summed E-state index contributed by atoms with van der Waals surface area (Å²) in [4.78, 5) is 11.8. The van der Waals surface area contributed by atoms with Crippen molar-refractivity contribution in [2.75, 3.05) is 13.7 Å². The molecule has 1 atom stereocenters. The quantitative estimate of drug-likeness (QED) is 0.757. The zero-order valence-electron chi connectivity index (χ0n) is 14.1. The molecule has 0 saturated carbocycles. The molecule has 0 bridgehead atoms. The number of ether oxygens (including phenoxy) is 2. The van der Waals surface area contributed by atoms with E-state index in [1.54, 1.807) is 13.2 Å². The van der Waals surface area contributed by atoms with Crippen LogP contribution in [0.4, 0.5) is 0 Å². The van der Waals surface area contributed by atoms with E-state index in [1.165, 1.54) is 6.08 Å². The summed E-state index contributed by atoms with van der Waals surface area (Å²) in [5, 5.41) is 2.83. The molecule has 0 aromatic heterocycles. The Morgan fingerprint density at radius 1 is 1.17 bits per heavy atom. The van der Waals surface area contributed by atoms with E-state index in [9.17, 15) is 4.79 Å². The number of hydrogen-bond donors (Lipinski definition) is 1. The SMILES string of the molecule is COCC(C)NC(=O)/C=C/c1cccc(OCc2ccccc2)c1. The summed E-state index contributed by atoms with van der Waals surface area (Å²) in [6, 6.07) is 17.6. The van der Waals surface area contributed by atoms with Gasteiger partial charge in [0.05, 0.1) is 6.61 Å². The Balaban J connectivity index is 1.90. The summed E-state index contributed by atoms with van der Waals surface area (Å²) in [6.45, 7) is 2.90. The average Bonchev–Trinajstić information content (AvgIpc) is 2.60. The second kappa shape index (κ2) is 9.53. The molecule has 2 aromatic rings. The van der Waals surface area contributed by atoms with Gasteiger partial charge >= 0.3 is 0 Å². The van der Waals surface area contributed by atoms with Gasteiger partial charge in [-0.15, -0.1) is 0 Å². The summed E-state index contributed by atoms with van der Waals surface area (Å²) < 4.78 is 10.8. The normalized spacial score (nSPS) is 12.1. The van der Waals surface area contributed by atoms with E-state index in [2.05, 4.69) is 5.32 Å². The van der Waals surface area contributed by atoms with Crippen molar-refractivity contribution in [1.29, 1.82) is 0 Å². The van der Waals surface area contributed by atoms with Crippen molar-refractivity contribution >= 4 is 12.0 Å². The first-order valence-corrected chi connectivity index (χ1v) is 7.91. The fourth-order valence-corrected chi connectivity index (χ4v) is 2.20. The largest absolute Gasteiger partial charge is 0.489 e. The predicted molar refractivity (Wildman–Crippen MR) is 95.7 cm³/mol. The van der Waals surface area contributed by atoms with Gasteiger partial charge in [-0.2, -0.15) is 0 Å². The minimum Gasteiger partial charge on any atom is -0.489 e. The van der Waals surface area contributed by atoms with Crippen LogP contribution >= 0.6 is 0 Å². The number of carbonyl (C=O) groups is 1. The Bertz CT molecular complexity index is 668. The standard InChI is InChI=1S/C20H23NO3/c1-16(14-23-2)21-20(22)12-11-17-9-6-10-19(13-17)24-15-18-7-4-3-5-8-18/h3-13,16H,14-15H2,1-2H3,(H,21,22)/b12-11+. The molecule has 2 aromatic carbocycles. The van der Waals surface area contributed by atoms with Gasteiger partial charge in [-0.25, -0.2) is 0 Å². The van der Waals surface area contributed by atoms with Gasteiger partial charge in [-0.3, -0.25) is 4.79 Å². The lowest BCUT2D eigenvalue weighted by molar-refractivity contribution is -0.117. The van der Waals surface area contributed by atoms with Crippen LogP contribution in [0.2, 0.25) is 0 Å². The lowest BCUT2D eigenvalue weighted by atomic mass is 10.2. The molecule has 0 fully saturated rings. The zero-order valence-corrected chi connectivity index (χ0v) is 14.1. The van der Waals surface area contributed by atoms with Crippen LogP contribution in [0.1, 0.15) is 18.1 Å². The Hall–Kier alpha value is -2.59. The van der Waals surface area contributed by atoms with Gasteiger partial charge in [0.2, 0.25) is 5.91 Å². The predicted octanol–water partition coefficient (Wildman–Crippen LogP) is 3.43. The molecule has 0 heterocycles. The topological polar surface area (TPSA) is 47.6 Å². The maximum absolute atomic E-state index is 11.8. The van der Waals surface area contributed by atoms with Crippen molar-refractivity contribution in [2.45, 2.75) is 19.6 Å². The van der Waals surface area contributed by atoms with E-state index >= 15 is 0 Å². The van der Waals surface area contributed by atoms with Gasteiger partial charge in [0, 0.05) is 19.2 Å². The van der Waals surface area contributed by atoms with Crippen molar-refractivity contribution in [3.8, 4) is 5.75 Å². The van der Waals surface area contributed by atoms with Crippen molar-refractivity contribution < 1.29 is 14.3 Å². The van der Waals surface area contributed by atoms with Crippen LogP contribution in [-0.2, 0) is 16.1 Å². The first-order chi connectivity index (χ1) is 11.7. The Morgan fingerprint density at radius 3 is 2.71 bits per heavy atom. The molecule has 1 N–H and O–H groups in total. The number of benzene rings is 2. The van der Waals surface area contributed by atoms with Crippen molar-refractivity contribution in [2.24, 2.45) is 0 Å². The summed E-state index contributed by atoms with van der Waals surface area (Å²) in [7, 11) is 1.61. The third-order valence-electron chi connectivity index (χ3n) is 3.34. The molecule has 0 spiro atoms. The molecule has 4 nitrogen and oxygen atoms in total. The molecule has 24 heavy (non-hydrogen) atoms. The highest BCUT2D eigenvalue weighted by atomic mass is 16.5. The highest BCUT2D eigenvalue weighted by Gasteiger charge is 2.03. The first-order valence-electron chi connectivity index (χ1n) is 7.91. The second-order valence-corrected chi connectivity index (χ2v) is 5.55. The van der Waals surface area contributed by atoms with Gasteiger partial charge < -0.3 is 14.8 Å². The summed E-state index contributed by atoms with van der Waals surface area (Å²) in [5.41, 5.74) is 2.03. The molecule has 1 amide bonds. The number of nitrogens with one attached hydrogen (secondary N) is 1. The molecule has 2 rings (SSSR count). The van der Waals surface area contributed by atoms with Gasteiger partial charge in [-0.05, 0) is 36.3 Å². The van der Waals surface area contributed by atoms with Crippen LogP contribution in [0.15, 0.2) is 60.7 Å². The maximum atomic E-state index is 11.8. The Morgan fingerprint density at radius 2 is 1.96 bits per heavy atom. The number of amides is 1. The van der Waals surface area contributed by atoms with Crippen LogP contribution in [0.3, 0.4) is 0 Å². The lowest BCUT2D eigenvalue weighted by Gasteiger charge is -2.10. The molecule has 4 heteroatoms. The van der Waals surface area contributed by atoms with Crippen molar-refractivity contribution in [1.82, 2.24) is 5.32 Å². The number of methoxy groups -OCH3 is 1. The molecular weight excluding hydrogens is 302 g/mol. The van der Waals surface area contributed by atoms with E-state index in [0.717, 1.165) is 16.9 Å². The van der Waals surface area contributed by atoms with Crippen LogP contribution in [0.25, 0.3) is 6.08 Å². The van der Waals surface area contributed by atoms with Crippen LogP contribution < -0.4 is 10.1 Å². The van der Waals surface area contributed by atoms with E-state index in [-0.39, 0.29) is 11.9 Å². The van der Waals surface area contributed by atoms with Crippen LogP contribution in [0.5, 0.6) is 5.75 Å². The highest BCUT2D eigenvalue weighted by Crippen LogP contribution is 2.16. The molecule has 0 aliphatic heterocycles. The summed E-state index contributed by atoms with van der Waals surface area (Å²) in [5.74, 6) is 0.629. The minimum absolute atomic E-state index is 0.0207. The summed E-state index contributed by atoms with van der Waals surface area (Å²) >= 11 is 0. The average molecular weight is 325 g/mol. The fourth-order valence-electron chi connectivity index (χ4n) is 2.20. The highest BCUT2D eigenvalue weighted by molar-refractivity contribution is 5.91. The first kappa shape index (κ1) is 17.8. The van der Waals surface area contributed by atoms with Gasteiger partial charge in [0.15, 0.2) is 0 Å². The van der Waals surface area contributed by atoms with E-state index < -0.39 is 0 Å². The zero-order chi connectivity index (χ0) is 17.2. The number of hydrogen-bond acceptors (Lipinski definition) is 3. The minimum atomic E-state index is -0.143. The molecular formula is C20H23NO3. The third kappa shape index (κ3) is 6.26. The van der Waals surface area contributed by atoms with Crippen molar-refractivity contribution in [3.63, 3.8) is 0 Å². The summed E-state index contributed by atoms with van der Waals surface area (Å²) in [6.07, 6.45) is 3.28. The Labute approximate surface area is 143 Å². The van der Waals surface area contributed by atoms with Crippen molar-refractivity contribution in [3.05, 3.63) is 71.8 Å². The molecule has 0 aliphatic rings. The smallest absolute Gasteiger partial charge is 0.244 e. The van der Waals surface area contributed by atoms with E-state index in [4.69, 9.17) is 9.47 Å². The molecule has 0 aliphatic carbocycles. The molecule has 1 unspecified atom stereocenters.